The number of amides is 1. The minimum absolute atomic E-state index is 0.000564. The van der Waals surface area contributed by atoms with Crippen molar-refractivity contribution in [1.29, 1.82) is 0 Å². The lowest BCUT2D eigenvalue weighted by molar-refractivity contribution is -0.121. The highest BCUT2D eigenvalue weighted by molar-refractivity contribution is 6.42. The standard InChI is InChI=1S/C18H19Cl2NO2/c1-12(14-5-7-15(23-2)8-6-14)21-18(22)10-4-13-3-9-16(19)17(20)11-13/h3,5-9,11-12H,4,10H2,1-2H3,(H,21,22)/t12-/m0/s1. The summed E-state index contributed by atoms with van der Waals surface area (Å²) >= 11 is 11.9. The van der Waals surface area contributed by atoms with Gasteiger partial charge < -0.3 is 10.1 Å². The van der Waals surface area contributed by atoms with Gasteiger partial charge in [-0.1, -0.05) is 41.4 Å². The summed E-state index contributed by atoms with van der Waals surface area (Å²) in [6.07, 6.45) is 1.02. The third-order valence-electron chi connectivity index (χ3n) is 3.62. The molecule has 0 aliphatic rings. The van der Waals surface area contributed by atoms with Crippen LogP contribution in [0.4, 0.5) is 0 Å². The van der Waals surface area contributed by atoms with Crippen LogP contribution >= 0.6 is 23.2 Å². The van der Waals surface area contributed by atoms with Crippen LogP contribution in [0.1, 0.15) is 30.5 Å². The molecule has 3 nitrogen and oxygen atoms in total. The van der Waals surface area contributed by atoms with E-state index in [9.17, 15) is 4.79 Å². The maximum Gasteiger partial charge on any atom is 0.220 e. The zero-order valence-corrected chi connectivity index (χ0v) is 14.6. The lowest BCUT2D eigenvalue weighted by atomic mass is 10.1. The maximum atomic E-state index is 12.1. The fourth-order valence-corrected chi connectivity index (χ4v) is 2.56. The number of rotatable bonds is 6. The largest absolute Gasteiger partial charge is 0.497 e. The second-order valence-electron chi connectivity index (χ2n) is 5.31. The Morgan fingerprint density at radius 1 is 1.13 bits per heavy atom. The van der Waals surface area contributed by atoms with Crippen molar-refractivity contribution in [3.63, 3.8) is 0 Å². The zero-order valence-electron chi connectivity index (χ0n) is 13.1. The average Bonchev–Trinajstić information content (AvgIpc) is 2.56. The molecule has 2 aromatic rings. The third kappa shape index (κ3) is 5.15. The average molecular weight is 352 g/mol. The Morgan fingerprint density at radius 3 is 2.43 bits per heavy atom. The molecule has 0 spiro atoms. The van der Waals surface area contributed by atoms with Crippen LogP contribution in [0.25, 0.3) is 0 Å². The van der Waals surface area contributed by atoms with Crippen LogP contribution in [-0.4, -0.2) is 13.0 Å². The number of nitrogens with one attached hydrogen (secondary N) is 1. The predicted octanol–water partition coefficient (Wildman–Crippen LogP) is 4.81. The lowest BCUT2D eigenvalue weighted by Crippen LogP contribution is -2.26. The number of aryl methyl sites for hydroxylation is 1. The van der Waals surface area contributed by atoms with Gasteiger partial charge in [-0.05, 0) is 48.7 Å². The molecule has 5 heteroatoms. The fraction of sp³-hybridized carbons (Fsp3) is 0.278. The van der Waals surface area contributed by atoms with Crippen LogP contribution < -0.4 is 10.1 Å². The van der Waals surface area contributed by atoms with E-state index in [2.05, 4.69) is 5.32 Å². The maximum absolute atomic E-state index is 12.1. The molecule has 1 N–H and O–H groups in total. The summed E-state index contributed by atoms with van der Waals surface area (Å²) in [5.41, 5.74) is 2.03. The molecule has 23 heavy (non-hydrogen) atoms. The molecule has 0 radical (unpaired) electrons. The molecule has 0 aromatic heterocycles. The summed E-state index contributed by atoms with van der Waals surface area (Å²) in [7, 11) is 1.63. The van der Waals surface area contributed by atoms with Crippen molar-refractivity contribution in [3.05, 3.63) is 63.6 Å². The van der Waals surface area contributed by atoms with Gasteiger partial charge in [0.05, 0.1) is 23.2 Å². The number of carbonyl (C=O) groups excluding carboxylic acids is 1. The van der Waals surface area contributed by atoms with E-state index in [1.165, 1.54) is 0 Å². The van der Waals surface area contributed by atoms with Crippen molar-refractivity contribution < 1.29 is 9.53 Å². The lowest BCUT2D eigenvalue weighted by Gasteiger charge is -2.15. The number of hydrogen-bond acceptors (Lipinski definition) is 2. The van der Waals surface area contributed by atoms with Gasteiger partial charge in [0.25, 0.3) is 0 Å². The van der Waals surface area contributed by atoms with E-state index in [0.717, 1.165) is 16.9 Å². The minimum atomic E-state index is -0.0535. The third-order valence-corrected chi connectivity index (χ3v) is 4.36. The van der Waals surface area contributed by atoms with Crippen molar-refractivity contribution >= 4 is 29.1 Å². The van der Waals surface area contributed by atoms with Gasteiger partial charge in [0.2, 0.25) is 5.91 Å². The van der Waals surface area contributed by atoms with Crippen LogP contribution in [0, 0.1) is 0 Å². The normalized spacial score (nSPS) is 11.8. The molecule has 1 amide bonds. The molecule has 0 saturated carbocycles. The summed E-state index contributed by atoms with van der Waals surface area (Å²) in [5.74, 6) is 0.797. The molecule has 0 aliphatic heterocycles. The number of benzene rings is 2. The van der Waals surface area contributed by atoms with E-state index in [1.54, 1.807) is 19.2 Å². The van der Waals surface area contributed by atoms with Gasteiger partial charge in [-0.3, -0.25) is 4.79 Å². The Balaban J connectivity index is 1.86. The van der Waals surface area contributed by atoms with E-state index in [1.807, 2.05) is 37.3 Å². The smallest absolute Gasteiger partial charge is 0.220 e. The van der Waals surface area contributed by atoms with Crippen LogP contribution in [0.5, 0.6) is 5.75 Å². The molecule has 0 unspecified atom stereocenters. The van der Waals surface area contributed by atoms with Crippen molar-refractivity contribution in [3.8, 4) is 5.75 Å². The first-order chi connectivity index (χ1) is 11.0. The number of carbonyl (C=O) groups is 1. The van der Waals surface area contributed by atoms with E-state index in [4.69, 9.17) is 27.9 Å². The molecule has 2 aromatic carbocycles. The van der Waals surface area contributed by atoms with Crippen LogP contribution in [0.15, 0.2) is 42.5 Å². The quantitative estimate of drug-likeness (QED) is 0.810. The zero-order chi connectivity index (χ0) is 16.8. The highest BCUT2D eigenvalue weighted by Crippen LogP contribution is 2.23. The molecule has 2 rings (SSSR count). The Bertz CT molecular complexity index is 671. The number of hydrogen-bond donors (Lipinski definition) is 1. The molecule has 0 saturated heterocycles. The summed E-state index contributed by atoms with van der Waals surface area (Å²) in [6, 6.07) is 13.0. The van der Waals surface area contributed by atoms with Gasteiger partial charge in [-0.15, -0.1) is 0 Å². The SMILES string of the molecule is COc1ccc([C@H](C)NC(=O)CCc2ccc(Cl)c(Cl)c2)cc1. The monoisotopic (exact) mass is 351 g/mol. The Labute approximate surface area is 146 Å². The van der Waals surface area contributed by atoms with Gasteiger partial charge in [0.15, 0.2) is 0 Å². The topological polar surface area (TPSA) is 38.3 Å². The van der Waals surface area contributed by atoms with Crippen molar-refractivity contribution in [2.75, 3.05) is 7.11 Å². The molecule has 0 heterocycles. The molecular weight excluding hydrogens is 333 g/mol. The van der Waals surface area contributed by atoms with Gasteiger partial charge in [-0.25, -0.2) is 0 Å². The highest BCUT2D eigenvalue weighted by Gasteiger charge is 2.10. The number of halogens is 2. The Kier molecular flexibility index (Phi) is 6.31. The Morgan fingerprint density at radius 2 is 1.83 bits per heavy atom. The van der Waals surface area contributed by atoms with Gasteiger partial charge in [0.1, 0.15) is 5.75 Å². The molecule has 0 aliphatic carbocycles. The minimum Gasteiger partial charge on any atom is -0.497 e. The van der Waals surface area contributed by atoms with Gasteiger partial charge in [0, 0.05) is 6.42 Å². The van der Waals surface area contributed by atoms with Gasteiger partial charge >= 0.3 is 0 Å². The van der Waals surface area contributed by atoms with Crippen molar-refractivity contribution in [2.45, 2.75) is 25.8 Å². The van der Waals surface area contributed by atoms with Crippen LogP contribution in [0.3, 0.4) is 0 Å². The second-order valence-corrected chi connectivity index (χ2v) is 6.13. The molecule has 0 fully saturated rings. The van der Waals surface area contributed by atoms with E-state index in [0.29, 0.717) is 22.9 Å². The summed E-state index contributed by atoms with van der Waals surface area (Å²) < 4.78 is 5.13. The first-order valence-electron chi connectivity index (χ1n) is 7.37. The number of ether oxygens (including phenoxy) is 1. The molecular formula is C18H19Cl2NO2. The Hall–Kier alpha value is -1.71. The van der Waals surface area contributed by atoms with E-state index in [-0.39, 0.29) is 11.9 Å². The first kappa shape index (κ1) is 17.6. The second kappa shape index (κ2) is 8.23. The molecule has 122 valence electrons. The van der Waals surface area contributed by atoms with Gasteiger partial charge in [-0.2, -0.15) is 0 Å². The van der Waals surface area contributed by atoms with Crippen LogP contribution in [0.2, 0.25) is 10.0 Å². The van der Waals surface area contributed by atoms with Crippen molar-refractivity contribution in [2.24, 2.45) is 0 Å². The molecule has 1 atom stereocenters. The summed E-state index contributed by atoms with van der Waals surface area (Å²) in [5, 5.41) is 4.02. The fourth-order valence-electron chi connectivity index (χ4n) is 2.24. The predicted molar refractivity (Wildman–Crippen MR) is 94.3 cm³/mol. The first-order valence-corrected chi connectivity index (χ1v) is 8.12. The number of methoxy groups -OCH3 is 1. The summed E-state index contributed by atoms with van der Waals surface area (Å²) in [6.45, 7) is 1.96. The van der Waals surface area contributed by atoms with E-state index < -0.39 is 0 Å². The highest BCUT2D eigenvalue weighted by atomic mass is 35.5. The summed E-state index contributed by atoms with van der Waals surface area (Å²) in [4.78, 5) is 12.1. The van der Waals surface area contributed by atoms with Crippen molar-refractivity contribution in [1.82, 2.24) is 5.32 Å². The van der Waals surface area contributed by atoms with E-state index >= 15 is 0 Å². The van der Waals surface area contributed by atoms with Crippen LogP contribution in [-0.2, 0) is 11.2 Å². The molecule has 0 bridgehead atoms.